The van der Waals surface area contributed by atoms with E-state index >= 15 is 0 Å². The van der Waals surface area contributed by atoms with E-state index in [1.165, 1.54) is 0 Å². The molecule has 0 aromatic rings. The molecule has 0 heterocycles. The van der Waals surface area contributed by atoms with Crippen molar-refractivity contribution in [2.24, 2.45) is 0 Å². The number of amides is 1. The van der Waals surface area contributed by atoms with Gasteiger partial charge in [0.25, 0.3) is 0 Å². The van der Waals surface area contributed by atoms with Gasteiger partial charge in [0.15, 0.2) is 0 Å². The molecule has 0 radical (unpaired) electrons. The van der Waals surface area contributed by atoms with Crippen LogP contribution in [-0.2, 0) is 14.9 Å². The predicted octanol–water partition coefficient (Wildman–Crippen LogP) is -0.825. The Morgan fingerprint density at radius 1 is 1.47 bits per heavy atom. The van der Waals surface area contributed by atoms with Gasteiger partial charge in [0.05, 0.1) is 6.61 Å². The van der Waals surface area contributed by atoms with Crippen LogP contribution in [-0.4, -0.2) is 40.8 Å². The van der Waals surface area contributed by atoms with E-state index in [4.69, 9.17) is 0 Å². The number of carbonyl (C=O) groups is 1. The first-order chi connectivity index (χ1) is 6.91. The van der Waals surface area contributed by atoms with Crippen LogP contribution < -0.4 is 14.8 Å². The van der Waals surface area contributed by atoms with Gasteiger partial charge in [-0.1, -0.05) is 0 Å². The molecule has 90 valence electrons. The molecule has 0 saturated carbocycles. The quantitative estimate of drug-likeness (QED) is 0.562. The van der Waals surface area contributed by atoms with Crippen LogP contribution in [0.1, 0.15) is 13.8 Å². The highest BCUT2D eigenvalue weighted by atomic mass is 32.2. The summed E-state index contributed by atoms with van der Waals surface area (Å²) in [6, 6.07) is -0.0243. The van der Waals surface area contributed by atoms with Crippen molar-refractivity contribution in [2.75, 3.05) is 20.2 Å². The van der Waals surface area contributed by atoms with Gasteiger partial charge in [-0.25, -0.2) is 9.52 Å². The maximum absolute atomic E-state index is 11.2. The zero-order chi connectivity index (χ0) is 11.9. The van der Waals surface area contributed by atoms with Gasteiger partial charge in [-0.2, -0.15) is 13.1 Å². The van der Waals surface area contributed by atoms with E-state index in [0.717, 1.165) is 0 Å². The van der Waals surface area contributed by atoms with Gasteiger partial charge in [-0.05, 0) is 20.9 Å². The fraction of sp³-hybridized carbons (Fsp3) is 0.857. The highest BCUT2D eigenvalue weighted by Crippen LogP contribution is 1.84. The number of nitrogens with one attached hydrogen (secondary N) is 3. The van der Waals surface area contributed by atoms with Crippen LogP contribution in [0.15, 0.2) is 0 Å². The van der Waals surface area contributed by atoms with E-state index in [9.17, 15) is 13.2 Å². The second-order valence-corrected chi connectivity index (χ2v) is 4.36. The van der Waals surface area contributed by atoms with E-state index in [1.807, 2.05) is 0 Å². The van der Waals surface area contributed by atoms with Gasteiger partial charge in [-0.3, -0.25) is 0 Å². The normalized spacial score (nSPS) is 13.3. The molecular formula is C7H17N3O4S. The van der Waals surface area contributed by atoms with Crippen molar-refractivity contribution < 1.29 is 17.9 Å². The van der Waals surface area contributed by atoms with Crippen molar-refractivity contribution in [2.45, 2.75) is 19.9 Å². The maximum Gasteiger partial charge on any atom is 0.421 e. The second-order valence-electron chi connectivity index (χ2n) is 2.86. The van der Waals surface area contributed by atoms with Crippen LogP contribution in [0.2, 0.25) is 0 Å². The van der Waals surface area contributed by atoms with Crippen molar-refractivity contribution in [3.63, 3.8) is 0 Å². The topological polar surface area (TPSA) is 96.5 Å². The largest absolute Gasteiger partial charge is 0.449 e. The second kappa shape index (κ2) is 6.59. The summed E-state index contributed by atoms with van der Waals surface area (Å²) >= 11 is 0. The molecule has 0 aliphatic heterocycles. The number of hydrogen-bond acceptors (Lipinski definition) is 5. The first kappa shape index (κ1) is 14.1. The minimum Gasteiger partial charge on any atom is -0.449 e. The monoisotopic (exact) mass is 239 g/mol. The van der Waals surface area contributed by atoms with Gasteiger partial charge >= 0.3 is 16.3 Å². The Morgan fingerprint density at radius 2 is 2.07 bits per heavy atom. The van der Waals surface area contributed by atoms with Crippen LogP contribution in [0.25, 0.3) is 0 Å². The molecule has 7 nitrogen and oxygen atoms in total. The molecule has 0 saturated heterocycles. The lowest BCUT2D eigenvalue weighted by atomic mass is 10.4. The number of ether oxygens (including phenoxy) is 1. The third-order valence-corrected chi connectivity index (χ3v) is 2.55. The summed E-state index contributed by atoms with van der Waals surface area (Å²) in [5.41, 5.74) is 0. The fourth-order valence-electron chi connectivity index (χ4n) is 0.643. The summed E-state index contributed by atoms with van der Waals surface area (Å²) in [4.78, 5) is 10.8. The average molecular weight is 239 g/mol. The van der Waals surface area contributed by atoms with Gasteiger partial charge in [0, 0.05) is 12.6 Å². The summed E-state index contributed by atoms with van der Waals surface area (Å²) in [6.45, 7) is 3.69. The highest BCUT2D eigenvalue weighted by molar-refractivity contribution is 7.88. The standard InChI is InChI=1S/C7H17N3O4S/c1-4-14-7(11)10-15(12,13)9-5-6(2)8-3/h6,8-9H,4-5H2,1-3H3,(H,10,11). The molecule has 8 heteroatoms. The Kier molecular flexibility index (Phi) is 6.21. The lowest BCUT2D eigenvalue weighted by Crippen LogP contribution is -2.45. The zero-order valence-corrected chi connectivity index (χ0v) is 9.85. The third kappa shape index (κ3) is 7.11. The molecule has 1 amide bonds. The molecule has 0 aliphatic carbocycles. The van der Waals surface area contributed by atoms with Crippen molar-refractivity contribution in [1.82, 2.24) is 14.8 Å². The minimum atomic E-state index is -3.82. The van der Waals surface area contributed by atoms with E-state index in [1.54, 1.807) is 25.6 Å². The molecule has 1 unspecified atom stereocenters. The van der Waals surface area contributed by atoms with E-state index in [-0.39, 0.29) is 19.2 Å². The molecular weight excluding hydrogens is 222 g/mol. The number of carbonyl (C=O) groups excluding carboxylic acids is 1. The summed E-state index contributed by atoms with van der Waals surface area (Å²) < 4.78 is 30.7. The van der Waals surface area contributed by atoms with Crippen molar-refractivity contribution >= 4 is 16.3 Å². The highest BCUT2D eigenvalue weighted by Gasteiger charge is 2.14. The molecule has 0 spiro atoms. The van der Waals surface area contributed by atoms with E-state index < -0.39 is 16.3 Å². The van der Waals surface area contributed by atoms with Gasteiger partial charge in [0.2, 0.25) is 0 Å². The molecule has 15 heavy (non-hydrogen) atoms. The van der Waals surface area contributed by atoms with Crippen LogP contribution >= 0.6 is 0 Å². The maximum atomic E-state index is 11.2. The van der Waals surface area contributed by atoms with Crippen LogP contribution in [0, 0.1) is 0 Å². The molecule has 0 aromatic heterocycles. The number of likely N-dealkylation sites (N-methyl/N-ethyl adjacent to an activating group) is 1. The molecule has 1 atom stereocenters. The third-order valence-electron chi connectivity index (χ3n) is 1.57. The Balaban J connectivity index is 4.03. The Hall–Kier alpha value is -0.860. The van der Waals surface area contributed by atoms with E-state index in [2.05, 4.69) is 14.8 Å². The fourth-order valence-corrected chi connectivity index (χ4v) is 1.46. The average Bonchev–Trinajstić information content (AvgIpc) is 2.13. The van der Waals surface area contributed by atoms with Crippen molar-refractivity contribution in [3.8, 4) is 0 Å². The smallest absolute Gasteiger partial charge is 0.421 e. The molecule has 3 N–H and O–H groups in total. The van der Waals surface area contributed by atoms with Gasteiger partial charge < -0.3 is 10.1 Å². The Morgan fingerprint density at radius 3 is 2.53 bits per heavy atom. The first-order valence-corrected chi connectivity index (χ1v) is 6.01. The summed E-state index contributed by atoms with van der Waals surface area (Å²) in [5.74, 6) is 0. The van der Waals surface area contributed by atoms with Crippen LogP contribution in [0.4, 0.5) is 4.79 Å². The summed E-state index contributed by atoms with van der Waals surface area (Å²) in [5, 5.41) is 2.85. The molecule has 0 aliphatic rings. The summed E-state index contributed by atoms with van der Waals surface area (Å²) in [6.07, 6.45) is -0.984. The lowest BCUT2D eigenvalue weighted by molar-refractivity contribution is 0.158. The predicted molar refractivity (Wildman–Crippen MR) is 55.6 cm³/mol. The Labute approximate surface area is 89.7 Å². The lowest BCUT2D eigenvalue weighted by Gasteiger charge is -2.12. The summed E-state index contributed by atoms with van der Waals surface area (Å²) in [7, 11) is -2.12. The number of rotatable bonds is 6. The molecule has 0 bridgehead atoms. The number of hydrogen-bond donors (Lipinski definition) is 3. The molecule has 0 aromatic carbocycles. The molecule has 0 fully saturated rings. The van der Waals surface area contributed by atoms with Crippen molar-refractivity contribution in [1.29, 1.82) is 0 Å². The van der Waals surface area contributed by atoms with Crippen LogP contribution in [0.5, 0.6) is 0 Å². The zero-order valence-electron chi connectivity index (χ0n) is 9.03. The van der Waals surface area contributed by atoms with Gasteiger partial charge in [0.1, 0.15) is 0 Å². The SMILES string of the molecule is CCOC(=O)NS(=O)(=O)NCC(C)NC. The molecule has 0 rings (SSSR count). The van der Waals surface area contributed by atoms with Crippen molar-refractivity contribution in [3.05, 3.63) is 0 Å². The Bertz CT molecular complexity index is 291. The van der Waals surface area contributed by atoms with Gasteiger partial charge in [-0.15, -0.1) is 0 Å². The van der Waals surface area contributed by atoms with Crippen LogP contribution in [0.3, 0.4) is 0 Å². The van der Waals surface area contributed by atoms with E-state index in [0.29, 0.717) is 0 Å². The minimum absolute atomic E-state index is 0.0243. The first-order valence-electron chi connectivity index (χ1n) is 4.52.